The molecule has 2 N–H and O–H groups in total. The standard InChI is InChI=1S/C21H32N4O2S/c1-5-20-25-17(15-28-20)11-13-24-21(22-4)23-12-10-16-8-9-18(26-6-2)19(14-16)27-7-3/h8-9,14-15H,5-7,10-13H2,1-4H3,(H2,22,23,24). The van der Waals surface area contributed by atoms with E-state index in [-0.39, 0.29) is 0 Å². The molecule has 0 saturated heterocycles. The second-order valence-electron chi connectivity index (χ2n) is 6.16. The predicted molar refractivity (Wildman–Crippen MR) is 117 cm³/mol. The van der Waals surface area contributed by atoms with Crippen LogP contribution in [0, 0.1) is 0 Å². The third-order valence-corrected chi connectivity index (χ3v) is 5.15. The van der Waals surface area contributed by atoms with Gasteiger partial charge in [0.2, 0.25) is 0 Å². The predicted octanol–water partition coefficient (Wildman–Crippen LogP) is 3.45. The first-order valence-corrected chi connectivity index (χ1v) is 10.8. The van der Waals surface area contributed by atoms with Gasteiger partial charge >= 0.3 is 0 Å². The first-order chi connectivity index (χ1) is 13.7. The lowest BCUT2D eigenvalue weighted by molar-refractivity contribution is 0.287. The highest BCUT2D eigenvalue weighted by atomic mass is 32.1. The molecule has 154 valence electrons. The lowest BCUT2D eigenvalue weighted by Gasteiger charge is -2.14. The summed E-state index contributed by atoms with van der Waals surface area (Å²) in [6.07, 6.45) is 2.77. The number of benzene rings is 1. The number of ether oxygens (including phenoxy) is 2. The molecule has 28 heavy (non-hydrogen) atoms. The van der Waals surface area contributed by atoms with Crippen molar-refractivity contribution in [1.29, 1.82) is 0 Å². The lowest BCUT2D eigenvalue weighted by Crippen LogP contribution is -2.39. The van der Waals surface area contributed by atoms with Crippen molar-refractivity contribution in [1.82, 2.24) is 15.6 Å². The van der Waals surface area contributed by atoms with Crippen LogP contribution in [0.5, 0.6) is 11.5 Å². The Morgan fingerprint density at radius 1 is 1.04 bits per heavy atom. The topological polar surface area (TPSA) is 67.8 Å². The molecular formula is C21H32N4O2S. The van der Waals surface area contributed by atoms with Crippen LogP contribution in [0.25, 0.3) is 0 Å². The number of nitrogens with one attached hydrogen (secondary N) is 2. The molecule has 0 bridgehead atoms. The van der Waals surface area contributed by atoms with Gasteiger partial charge in [0.1, 0.15) is 0 Å². The van der Waals surface area contributed by atoms with Gasteiger partial charge in [-0.2, -0.15) is 0 Å². The molecule has 0 fully saturated rings. The smallest absolute Gasteiger partial charge is 0.190 e. The van der Waals surface area contributed by atoms with Crippen molar-refractivity contribution in [2.45, 2.75) is 40.0 Å². The highest BCUT2D eigenvalue weighted by molar-refractivity contribution is 7.09. The molecule has 0 atom stereocenters. The summed E-state index contributed by atoms with van der Waals surface area (Å²) >= 11 is 1.73. The fraction of sp³-hybridized carbons (Fsp3) is 0.524. The maximum absolute atomic E-state index is 5.70. The van der Waals surface area contributed by atoms with Crippen molar-refractivity contribution < 1.29 is 9.47 Å². The number of thiazole rings is 1. The maximum atomic E-state index is 5.70. The second kappa shape index (κ2) is 12.2. The SMILES string of the molecule is CCOc1ccc(CCNC(=NC)NCCc2csc(CC)n2)cc1OCC. The van der Waals surface area contributed by atoms with E-state index in [0.29, 0.717) is 13.2 Å². The van der Waals surface area contributed by atoms with Crippen LogP contribution in [0.4, 0.5) is 0 Å². The number of nitrogens with zero attached hydrogens (tertiary/aromatic N) is 2. The Labute approximate surface area is 172 Å². The van der Waals surface area contributed by atoms with Crippen LogP contribution in [0.3, 0.4) is 0 Å². The largest absolute Gasteiger partial charge is 0.490 e. The van der Waals surface area contributed by atoms with Gasteiger partial charge in [0.15, 0.2) is 17.5 Å². The Morgan fingerprint density at radius 2 is 1.75 bits per heavy atom. The van der Waals surface area contributed by atoms with Crippen molar-refractivity contribution in [3.63, 3.8) is 0 Å². The summed E-state index contributed by atoms with van der Waals surface area (Å²) in [7, 11) is 1.79. The normalized spacial score (nSPS) is 11.4. The molecule has 1 aromatic carbocycles. The van der Waals surface area contributed by atoms with Gasteiger partial charge in [-0.05, 0) is 44.4 Å². The Balaban J connectivity index is 1.77. The van der Waals surface area contributed by atoms with Crippen LogP contribution in [-0.4, -0.2) is 44.3 Å². The van der Waals surface area contributed by atoms with Crippen molar-refractivity contribution in [2.24, 2.45) is 4.99 Å². The number of aryl methyl sites for hydroxylation is 1. The van der Waals surface area contributed by atoms with Gasteiger partial charge < -0.3 is 20.1 Å². The van der Waals surface area contributed by atoms with Gasteiger partial charge in [0.05, 0.1) is 23.9 Å². The van der Waals surface area contributed by atoms with E-state index in [4.69, 9.17) is 9.47 Å². The van der Waals surface area contributed by atoms with Gasteiger partial charge in [0, 0.05) is 31.9 Å². The fourth-order valence-electron chi connectivity index (χ4n) is 2.73. The van der Waals surface area contributed by atoms with E-state index < -0.39 is 0 Å². The molecule has 0 aliphatic carbocycles. The van der Waals surface area contributed by atoms with Crippen LogP contribution in [0.2, 0.25) is 0 Å². The zero-order valence-corrected chi connectivity index (χ0v) is 18.2. The van der Waals surface area contributed by atoms with Crippen LogP contribution in [-0.2, 0) is 19.3 Å². The second-order valence-corrected chi connectivity index (χ2v) is 7.10. The number of rotatable bonds is 11. The summed E-state index contributed by atoms with van der Waals surface area (Å²) in [4.78, 5) is 8.88. The number of guanidine groups is 1. The van der Waals surface area contributed by atoms with Crippen LogP contribution < -0.4 is 20.1 Å². The van der Waals surface area contributed by atoms with Crippen LogP contribution in [0.15, 0.2) is 28.6 Å². The molecule has 7 heteroatoms. The molecular weight excluding hydrogens is 372 g/mol. The summed E-state index contributed by atoms with van der Waals surface area (Å²) in [6, 6.07) is 6.12. The summed E-state index contributed by atoms with van der Waals surface area (Å²) in [5.74, 6) is 2.41. The summed E-state index contributed by atoms with van der Waals surface area (Å²) in [5, 5.41) is 10.0. The van der Waals surface area contributed by atoms with Crippen molar-refractivity contribution in [3.8, 4) is 11.5 Å². The first-order valence-electron chi connectivity index (χ1n) is 9.96. The average molecular weight is 405 g/mol. The van der Waals surface area contributed by atoms with E-state index in [2.05, 4.69) is 45.0 Å². The molecule has 1 aromatic heterocycles. The van der Waals surface area contributed by atoms with Crippen LogP contribution in [0.1, 0.15) is 37.0 Å². The van der Waals surface area contributed by atoms with Gasteiger partial charge in [-0.3, -0.25) is 4.99 Å². The highest BCUT2D eigenvalue weighted by Crippen LogP contribution is 2.28. The quantitative estimate of drug-likeness (QED) is 0.443. The fourth-order valence-corrected chi connectivity index (χ4v) is 3.51. The maximum Gasteiger partial charge on any atom is 0.190 e. The Kier molecular flexibility index (Phi) is 9.62. The van der Waals surface area contributed by atoms with E-state index in [9.17, 15) is 0 Å². The Bertz CT molecular complexity index is 746. The molecule has 2 aromatic rings. The summed E-state index contributed by atoms with van der Waals surface area (Å²) < 4.78 is 11.3. The van der Waals surface area contributed by atoms with Gasteiger partial charge in [-0.25, -0.2) is 4.98 Å². The summed E-state index contributed by atoms with van der Waals surface area (Å²) in [6.45, 7) is 8.94. The average Bonchev–Trinajstić information content (AvgIpc) is 3.17. The summed E-state index contributed by atoms with van der Waals surface area (Å²) in [5.41, 5.74) is 2.34. The lowest BCUT2D eigenvalue weighted by atomic mass is 10.1. The first kappa shape index (κ1) is 22.0. The molecule has 6 nitrogen and oxygen atoms in total. The van der Waals surface area contributed by atoms with Crippen molar-refractivity contribution in [3.05, 3.63) is 39.8 Å². The third kappa shape index (κ3) is 7.03. The molecule has 1 heterocycles. The van der Waals surface area contributed by atoms with Crippen LogP contribution >= 0.6 is 11.3 Å². The monoisotopic (exact) mass is 404 g/mol. The molecule has 2 rings (SSSR count). The van der Waals surface area contributed by atoms with Crippen molar-refractivity contribution >= 4 is 17.3 Å². The molecule has 0 spiro atoms. The van der Waals surface area contributed by atoms with E-state index >= 15 is 0 Å². The molecule has 0 unspecified atom stereocenters. The Morgan fingerprint density at radius 3 is 2.39 bits per heavy atom. The zero-order valence-electron chi connectivity index (χ0n) is 17.4. The van der Waals surface area contributed by atoms with E-state index in [1.165, 1.54) is 10.6 Å². The van der Waals surface area contributed by atoms with E-state index in [1.807, 2.05) is 19.9 Å². The molecule has 0 aliphatic rings. The van der Waals surface area contributed by atoms with E-state index in [0.717, 1.165) is 55.5 Å². The molecule has 0 aliphatic heterocycles. The number of aliphatic imine (C=N–C) groups is 1. The van der Waals surface area contributed by atoms with Gasteiger partial charge in [0.25, 0.3) is 0 Å². The minimum absolute atomic E-state index is 0.622. The Hall–Kier alpha value is -2.28. The number of aromatic nitrogens is 1. The third-order valence-electron chi connectivity index (χ3n) is 4.11. The highest BCUT2D eigenvalue weighted by Gasteiger charge is 2.07. The zero-order chi connectivity index (χ0) is 20.2. The van der Waals surface area contributed by atoms with Gasteiger partial charge in [-0.15, -0.1) is 11.3 Å². The van der Waals surface area contributed by atoms with Gasteiger partial charge in [-0.1, -0.05) is 13.0 Å². The van der Waals surface area contributed by atoms with E-state index in [1.54, 1.807) is 18.4 Å². The molecule has 0 amide bonds. The minimum Gasteiger partial charge on any atom is -0.490 e. The van der Waals surface area contributed by atoms with Crippen molar-refractivity contribution in [2.75, 3.05) is 33.4 Å². The molecule has 0 saturated carbocycles. The number of hydrogen-bond donors (Lipinski definition) is 2. The molecule has 0 radical (unpaired) electrons. The minimum atomic E-state index is 0.622. The number of hydrogen-bond acceptors (Lipinski definition) is 5.